The number of amides is 2. The standard InChI is InChI=1S/C23H27FN2O4/c1-5-25(2)22(27)19-14-26(23(28)16-8-6-7-9-20(16)24)13-18(19)17-12-15(29-3)10-11-21(17)30-4/h6-12,18-19H,5,13-14H2,1-4H3/t18-,19-/m1/s1. The molecule has 0 aromatic heterocycles. The Bertz CT molecular complexity index is 933. The molecule has 7 heteroatoms. The van der Waals surface area contributed by atoms with Gasteiger partial charge in [-0.15, -0.1) is 0 Å². The van der Waals surface area contributed by atoms with Crippen LogP contribution in [-0.2, 0) is 4.79 Å². The SMILES string of the molecule is CCN(C)C(=O)[C@@H]1CN(C(=O)c2ccccc2F)C[C@@H]1c1cc(OC)ccc1OC. The van der Waals surface area contributed by atoms with Crippen LogP contribution in [0.4, 0.5) is 4.39 Å². The Balaban J connectivity index is 2.00. The molecule has 0 bridgehead atoms. The van der Waals surface area contributed by atoms with Crippen molar-refractivity contribution in [1.29, 1.82) is 0 Å². The molecule has 1 heterocycles. The van der Waals surface area contributed by atoms with Crippen LogP contribution in [-0.4, -0.2) is 62.5 Å². The number of methoxy groups -OCH3 is 2. The molecule has 3 rings (SSSR count). The molecular weight excluding hydrogens is 387 g/mol. The summed E-state index contributed by atoms with van der Waals surface area (Å²) in [5.41, 5.74) is 0.800. The van der Waals surface area contributed by atoms with Crippen LogP contribution in [0.1, 0.15) is 28.8 Å². The van der Waals surface area contributed by atoms with Crippen LogP contribution in [0.5, 0.6) is 11.5 Å². The summed E-state index contributed by atoms with van der Waals surface area (Å²) in [4.78, 5) is 29.4. The number of hydrogen-bond donors (Lipinski definition) is 0. The van der Waals surface area contributed by atoms with Gasteiger partial charge in [-0.3, -0.25) is 9.59 Å². The maximum absolute atomic E-state index is 14.2. The fourth-order valence-electron chi connectivity index (χ4n) is 3.91. The Morgan fingerprint density at radius 3 is 2.50 bits per heavy atom. The smallest absolute Gasteiger partial charge is 0.256 e. The quantitative estimate of drug-likeness (QED) is 0.729. The van der Waals surface area contributed by atoms with Crippen LogP contribution in [0, 0.1) is 11.7 Å². The van der Waals surface area contributed by atoms with Crippen LogP contribution < -0.4 is 9.47 Å². The number of carbonyl (C=O) groups is 2. The molecule has 0 radical (unpaired) electrons. The first-order valence-electron chi connectivity index (χ1n) is 9.91. The highest BCUT2D eigenvalue weighted by atomic mass is 19.1. The van der Waals surface area contributed by atoms with E-state index in [4.69, 9.17) is 9.47 Å². The summed E-state index contributed by atoms with van der Waals surface area (Å²) < 4.78 is 25.1. The molecule has 1 saturated heterocycles. The topological polar surface area (TPSA) is 59.1 Å². The fourth-order valence-corrected chi connectivity index (χ4v) is 3.91. The zero-order valence-electron chi connectivity index (χ0n) is 17.7. The fraction of sp³-hybridized carbons (Fsp3) is 0.391. The number of halogens is 1. The van der Waals surface area contributed by atoms with E-state index in [9.17, 15) is 14.0 Å². The summed E-state index contributed by atoms with van der Waals surface area (Å²) in [5.74, 6) is -0.555. The van der Waals surface area contributed by atoms with E-state index in [2.05, 4.69) is 0 Å². The van der Waals surface area contributed by atoms with Crippen LogP contribution in [0.3, 0.4) is 0 Å². The van der Waals surface area contributed by atoms with Crippen molar-refractivity contribution in [3.63, 3.8) is 0 Å². The van der Waals surface area contributed by atoms with Crippen molar-refractivity contribution >= 4 is 11.8 Å². The maximum Gasteiger partial charge on any atom is 0.256 e. The predicted octanol–water partition coefficient (Wildman–Crippen LogP) is 3.18. The van der Waals surface area contributed by atoms with E-state index in [-0.39, 0.29) is 30.5 Å². The molecule has 0 spiro atoms. The zero-order valence-corrected chi connectivity index (χ0v) is 17.7. The number of ether oxygens (including phenoxy) is 2. The first kappa shape index (κ1) is 21.6. The molecule has 2 amide bonds. The zero-order chi connectivity index (χ0) is 21.8. The molecule has 6 nitrogen and oxygen atoms in total. The van der Waals surface area contributed by atoms with Gasteiger partial charge in [-0.2, -0.15) is 0 Å². The minimum Gasteiger partial charge on any atom is -0.497 e. The number of nitrogens with zero attached hydrogens (tertiary/aromatic N) is 2. The van der Waals surface area contributed by atoms with Gasteiger partial charge in [0.25, 0.3) is 5.91 Å². The van der Waals surface area contributed by atoms with Crippen molar-refractivity contribution in [1.82, 2.24) is 9.80 Å². The van der Waals surface area contributed by atoms with Gasteiger partial charge in [-0.05, 0) is 37.3 Å². The molecule has 1 fully saturated rings. The molecular formula is C23H27FN2O4. The molecule has 0 N–H and O–H groups in total. The Morgan fingerprint density at radius 1 is 1.13 bits per heavy atom. The summed E-state index contributed by atoms with van der Waals surface area (Å²) in [6.45, 7) is 2.95. The molecule has 160 valence electrons. The highest BCUT2D eigenvalue weighted by Crippen LogP contribution is 2.40. The lowest BCUT2D eigenvalue weighted by molar-refractivity contribution is -0.133. The highest BCUT2D eigenvalue weighted by Gasteiger charge is 2.43. The van der Waals surface area contributed by atoms with Gasteiger partial charge in [-0.1, -0.05) is 12.1 Å². The molecule has 2 aromatic rings. The lowest BCUT2D eigenvalue weighted by Gasteiger charge is -2.24. The van der Waals surface area contributed by atoms with Gasteiger partial charge >= 0.3 is 0 Å². The molecule has 1 aliphatic rings. The Hall–Kier alpha value is -3.09. The van der Waals surface area contributed by atoms with Crippen LogP contribution in [0.15, 0.2) is 42.5 Å². The number of hydrogen-bond acceptors (Lipinski definition) is 4. The van der Waals surface area contributed by atoms with Gasteiger partial charge < -0.3 is 19.3 Å². The Morgan fingerprint density at radius 2 is 1.87 bits per heavy atom. The van der Waals surface area contributed by atoms with E-state index in [0.29, 0.717) is 18.0 Å². The van der Waals surface area contributed by atoms with E-state index < -0.39 is 17.6 Å². The summed E-state index contributed by atoms with van der Waals surface area (Å²) in [6, 6.07) is 11.3. The van der Waals surface area contributed by atoms with Gasteiger partial charge in [0.15, 0.2) is 0 Å². The molecule has 0 saturated carbocycles. The van der Waals surface area contributed by atoms with Crippen molar-refractivity contribution in [2.75, 3.05) is 40.9 Å². The van der Waals surface area contributed by atoms with Crippen LogP contribution >= 0.6 is 0 Å². The summed E-state index contributed by atoms with van der Waals surface area (Å²) in [6.07, 6.45) is 0. The third-order valence-corrected chi connectivity index (χ3v) is 5.72. The average molecular weight is 414 g/mol. The normalized spacial score (nSPS) is 18.2. The predicted molar refractivity (Wildman–Crippen MR) is 111 cm³/mol. The largest absolute Gasteiger partial charge is 0.497 e. The van der Waals surface area contributed by atoms with Gasteiger partial charge in [-0.25, -0.2) is 4.39 Å². The van der Waals surface area contributed by atoms with Crippen LogP contribution in [0.2, 0.25) is 0 Å². The van der Waals surface area contributed by atoms with Crippen molar-refractivity contribution in [2.24, 2.45) is 5.92 Å². The highest BCUT2D eigenvalue weighted by molar-refractivity contribution is 5.95. The number of benzene rings is 2. The van der Waals surface area contributed by atoms with Crippen molar-refractivity contribution in [2.45, 2.75) is 12.8 Å². The summed E-state index contributed by atoms with van der Waals surface area (Å²) >= 11 is 0. The third-order valence-electron chi connectivity index (χ3n) is 5.72. The van der Waals surface area contributed by atoms with Gasteiger partial charge in [0.1, 0.15) is 17.3 Å². The van der Waals surface area contributed by atoms with Crippen molar-refractivity contribution in [3.05, 3.63) is 59.4 Å². The molecule has 30 heavy (non-hydrogen) atoms. The monoisotopic (exact) mass is 414 g/mol. The first-order chi connectivity index (χ1) is 14.4. The third kappa shape index (κ3) is 4.10. The first-order valence-corrected chi connectivity index (χ1v) is 9.91. The average Bonchev–Trinajstić information content (AvgIpc) is 3.22. The molecule has 1 aliphatic heterocycles. The number of likely N-dealkylation sites (tertiary alicyclic amines) is 1. The van der Waals surface area contributed by atoms with E-state index in [1.54, 1.807) is 55.3 Å². The van der Waals surface area contributed by atoms with Crippen molar-refractivity contribution in [3.8, 4) is 11.5 Å². The molecule has 2 aromatic carbocycles. The summed E-state index contributed by atoms with van der Waals surface area (Å²) in [7, 11) is 4.88. The van der Waals surface area contributed by atoms with Gasteiger partial charge in [0, 0.05) is 38.2 Å². The second-order valence-corrected chi connectivity index (χ2v) is 7.36. The molecule has 0 unspecified atom stereocenters. The molecule has 2 atom stereocenters. The lowest BCUT2D eigenvalue weighted by atomic mass is 9.87. The second-order valence-electron chi connectivity index (χ2n) is 7.36. The van der Waals surface area contributed by atoms with E-state index in [0.717, 1.165) is 5.56 Å². The van der Waals surface area contributed by atoms with Gasteiger partial charge in [0.2, 0.25) is 5.91 Å². The summed E-state index contributed by atoms with van der Waals surface area (Å²) in [5, 5.41) is 0. The van der Waals surface area contributed by atoms with Crippen LogP contribution in [0.25, 0.3) is 0 Å². The Labute approximate surface area is 176 Å². The number of rotatable bonds is 6. The number of carbonyl (C=O) groups excluding carboxylic acids is 2. The molecule has 0 aliphatic carbocycles. The van der Waals surface area contributed by atoms with Gasteiger partial charge in [0.05, 0.1) is 25.7 Å². The van der Waals surface area contributed by atoms with E-state index in [1.807, 2.05) is 13.0 Å². The van der Waals surface area contributed by atoms with E-state index in [1.165, 1.54) is 12.1 Å². The van der Waals surface area contributed by atoms with E-state index >= 15 is 0 Å². The Kier molecular flexibility index (Phi) is 6.59. The second kappa shape index (κ2) is 9.15. The van der Waals surface area contributed by atoms with Crippen molar-refractivity contribution < 1.29 is 23.5 Å². The minimum atomic E-state index is -0.571. The lowest BCUT2D eigenvalue weighted by Crippen LogP contribution is -2.37. The maximum atomic E-state index is 14.2. The minimum absolute atomic E-state index is 0.00537.